The van der Waals surface area contributed by atoms with Gasteiger partial charge in [0, 0.05) is 18.3 Å². The second-order valence-corrected chi connectivity index (χ2v) is 6.47. The molecule has 4 heteroatoms. The van der Waals surface area contributed by atoms with Crippen molar-refractivity contribution in [3.05, 3.63) is 23.4 Å². The van der Waals surface area contributed by atoms with Gasteiger partial charge in [-0.05, 0) is 43.7 Å². The van der Waals surface area contributed by atoms with Crippen molar-refractivity contribution in [2.24, 2.45) is 11.8 Å². The van der Waals surface area contributed by atoms with Gasteiger partial charge in [-0.3, -0.25) is 0 Å². The Morgan fingerprint density at radius 2 is 2.10 bits per heavy atom. The Kier molecular flexibility index (Phi) is 4.86. The summed E-state index contributed by atoms with van der Waals surface area (Å²) in [5.41, 5.74) is 1.23. The van der Waals surface area contributed by atoms with Gasteiger partial charge in [-0.15, -0.1) is 0 Å². The Labute approximate surface area is 127 Å². The molecular formula is C17H26N2O2. The lowest BCUT2D eigenvalue weighted by Crippen LogP contribution is -2.46. The number of carboxylic acid groups (broad SMARTS) is 1. The minimum atomic E-state index is -0.873. The van der Waals surface area contributed by atoms with E-state index in [2.05, 4.69) is 32.6 Å². The number of aromatic nitrogens is 1. The van der Waals surface area contributed by atoms with Crippen LogP contribution in [-0.2, 0) is 6.42 Å². The zero-order valence-corrected chi connectivity index (χ0v) is 13.5. The first kappa shape index (κ1) is 15.8. The lowest BCUT2D eigenvalue weighted by Gasteiger charge is -2.42. The van der Waals surface area contributed by atoms with Gasteiger partial charge in [-0.25, -0.2) is 9.78 Å². The molecule has 0 saturated carbocycles. The van der Waals surface area contributed by atoms with Gasteiger partial charge in [0.25, 0.3) is 0 Å². The molecule has 1 N–H and O–H groups in total. The molecule has 3 unspecified atom stereocenters. The lowest BCUT2D eigenvalue weighted by molar-refractivity contribution is 0.0696. The minimum absolute atomic E-state index is 0.349. The van der Waals surface area contributed by atoms with E-state index < -0.39 is 5.97 Å². The maximum atomic E-state index is 11.4. The maximum absolute atomic E-state index is 11.4. The molecule has 0 amide bonds. The Morgan fingerprint density at radius 3 is 2.71 bits per heavy atom. The summed E-state index contributed by atoms with van der Waals surface area (Å²) in [6.45, 7) is 9.77. The maximum Gasteiger partial charge on any atom is 0.335 e. The molecule has 3 atom stereocenters. The van der Waals surface area contributed by atoms with Crippen molar-refractivity contribution in [2.75, 3.05) is 11.4 Å². The van der Waals surface area contributed by atoms with E-state index >= 15 is 0 Å². The molecule has 21 heavy (non-hydrogen) atoms. The van der Waals surface area contributed by atoms with Gasteiger partial charge >= 0.3 is 5.97 Å². The van der Waals surface area contributed by atoms with Gasteiger partial charge < -0.3 is 10.0 Å². The number of carbonyl (C=O) groups is 1. The fourth-order valence-electron chi connectivity index (χ4n) is 3.24. The molecular weight excluding hydrogens is 264 g/mol. The summed E-state index contributed by atoms with van der Waals surface area (Å²) in [4.78, 5) is 18.3. The quantitative estimate of drug-likeness (QED) is 0.920. The number of hydrogen-bond donors (Lipinski definition) is 1. The molecule has 2 heterocycles. The standard InChI is InChI=1S/C17H26N2O2/c1-5-6-15-8-14(17(20)21)9-16(18-15)19-10-11(2)7-12(3)13(19)4/h8-9,11-13H,5-7,10H2,1-4H3,(H,20,21). The summed E-state index contributed by atoms with van der Waals surface area (Å²) < 4.78 is 0. The summed E-state index contributed by atoms with van der Waals surface area (Å²) in [7, 11) is 0. The van der Waals surface area contributed by atoms with Crippen molar-refractivity contribution in [1.29, 1.82) is 0 Å². The number of aryl methyl sites for hydroxylation is 1. The van der Waals surface area contributed by atoms with Crippen LogP contribution < -0.4 is 4.90 Å². The van der Waals surface area contributed by atoms with Gasteiger partial charge in [0.15, 0.2) is 0 Å². The van der Waals surface area contributed by atoms with E-state index in [0.29, 0.717) is 23.4 Å². The first-order chi connectivity index (χ1) is 9.92. The van der Waals surface area contributed by atoms with Crippen LogP contribution in [0.25, 0.3) is 0 Å². The van der Waals surface area contributed by atoms with Crippen LogP contribution in [0.2, 0.25) is 0 Å². The topological polar surface area (TPSA) is 53.4 Å². The van der Waals surface area contributed by atoms with Crippen LogP contribution in [0.5, 0.6) is 0 Å². The van der Waals surface area contributed by atoms with E-state index in [-0.39, 0.29) is 0 Å². The smallest absolute Gasteiger partial charge is 0.335 e. The number of carboxylic acids is 1. The summed E-state index contributed by atoms with van der Waals surface area (Å²) in [6, 6.07) is 3.83. The number of anilines is 1. The number of nitrogens with zero attached hydrogens (tertiary/aromatic N) is 2. The van der Waals surface area contributed by atoms with Crippen LogP contribution in [0.3, 0.4) is 0 Å². The average Bonchev–Trinajstić information content (AvgIpc) is 2.42. The van der Waals surface area contributed by atoms with Crippen LogP contribution in [-0.4, -0.2) is 28.6 Å². The third kappa shape index (κ3) is 3.55. The van der Waals surface area contributed by atoms with Gasteiger partial charge in [-0.1, -0.05) is 27.2 Å². The molecule has 0 bridgehead atoms. The summed E-state index contributed by atoms with van der Waals surface area (Å²) in [5, 5.41) is 9.32. The molecule has 1 aromatic heterocycles. The van der Waals surface area contributed by atoms with Gasteiger partial charge in [-0.2, -0.15) is 0 Å². The molecule has 0 aromatic carbocycles. The van der Waals surface area contributed by atoms with Crippen molar-refractivity contribution in [1.82, 2.24) is 4.98 Å². The molecule has 1 aliphatic rings. The van der Waals surface area contributed by atoms with Crippen LogP contribution >= 0.6 is 0 Å². The lowest BCUT2D eigenvalue weighted by atomic mass is 9.86. The third-order valence-corrected chi connectivity index (χ3v) is 4.51. The largest absolute Gasteiger partial charge is 0.478 e. The van der Waals surface area contributed by atoms with Crippen molar-refractivity contribution < 1.29 is 9.90 Å². The normalized spacial score (nSPS) is 25.9. The van der Waals surface area contributed by atoms with E-state index in [9.17, 15) is 9.90 Å². The summed E-state index contributed by atoms with van der Waals surface area (Å²) in [6.07, 6.45) is 3.01. The van der Waals surface area contributed by atoms with Crippen molar-refractivity contribution in [2.45, 2.75) is 53.0 Å². The molecule has 0 radical (unpaired) electrons. The molecule has 1 aromatic rings. The molecule has 4 nitrogen and oxygen atoms in total. The SMILES string of the molecule is CCCc1cc(C(=O)O)cc(N2CC(C)CC(C)C2C)n1. The number of hydrogen-bond acceptors (Lipinski definition) is 3. The van der Waals surface area contributed by atoms with E-state index in [1.165, 1.54) is 6.42 Å². The first-order valence-electron chi connectivity index (χ1n) is 7.93. The molecule has 1 aliphatic heterocycles. The van der Waals surface area contributed by atoms with Gasteiger partial charge in [0.05, 0.1) is 5.56 Å². The Bertz CT molecular complexity index is 516. The van der Waals surface area contributed by atoms with E-state index in [1.807, 2.05) is 0 Å². The molecule has 2 rings (SSSR count). The van der Waals surface area contributed by atoms with Crippen LogP contribution in [0.1, 0.15) is 56.6 Å². The van der Waals surface area contributed by atoms with Crippen LogP contribution in [0, 0.1) is 11.8 Å². The minimum Gasteiger partial charge on any atom is -0.478 e. The fourth-order valence-corrected chi connectivity index (χ4v) is 3.24. The van der Waals surface area contributed by atoms with Gasteiger partial charge in [0.1, 0.15) is 5.82 Å². The monoisotopic (exact) mass is 290 g/mol. The van der Waals surface area contributed by atoms with Crippen molar-refractivity contribution in [3.63, 3.8) is 0 Å². The van der Waals surface area contributed by atoms with Crippen molar-refractivity contribution >= 4 is 11.8 Å². The van der Waals surface area contributed by atoms with E-state index in [4.69, 9.17) is 4.98 Å². The highest BCUT2D eigenvalue weighted by Crippen LogP contribution is 2.31. The zero-order chi connectivity index (χ0) is 15.6. The second-order valence-electron chi connectivity index (χ2n) is 6.47. The van der Waals surface area contributed by atoms with Crippen LogP contribution in [0.4, 0.5) is 5.82 Å². The van der Waals surface area contributed by atoms with Gasteiger partial charge in [0.2, 0.25) is 0 Å². The van der Waals surface area contributed by atoms with Crippen molar-refractivity contribution in [3.8, 4) is 0 Å². The second kappa shape index (κ2) is 6.46. The molecule has 0 spiro atoms. The molecule has 1 saturated heterocycles. The highest BCUT2D eigenvalue weighted by atomic mass is 16.4. The Balaban J connectivity index is 2.38. The number of aromatic carboxylic acids is 1. The van der Waals surface area contributed by atoms with E-state index in [1.54, 1.807) is 12.1 Å². The first-order valence-corrected chi connectivity index (χ1v) is 7.93. The predicted molar refractivity (Wildman–Crippen MR) is 84.9 cm³/mol. The Hall–Kier alpha value is -1.58. The molecule has 1 fully saturated rings. The number of pyridine rings is 1. The average molecular weight is 290 g/mol. The predicted octanol–water partition coefficient (Wildman–Crippen LogP) is 3.60. The Morgan fingerprint density at radius 1 is 1.38 bits per heavy atom. The number of rotatable bonds is 4. The van der Waals surface area contributed by atoms with Crippen LogP contribution in [0.15, 0.2) is 12.1 Å². The third-order valence-electron chi connectivity index (χ3n) is 4.51. The van der Waals surface area contributed by atoms with E-state index in [0.717, 1.165) is 30.9 Å². The molecule has 0 aliphatic carbocycles. The fraction of sp³-hybridized carbons (Fsp3) is 0.647. The molecule has 116 valence electrons. The summed E-state index contributed by atoms with van der Waals surface area (Å²) >= 11 is 0. The summed E-state index contributed by atoms with van der Waals surface area (Å²) in [5.74, 6) is 1.16. The highest BCUT2D eigenvalue weighted by molar-refractivity contribution is 5.88. The number of piperidine rings is 1. The highest BCUT2D eigenvalue weighted by Gasteiger charge is 2.30. The zero-order valence-electron chi connectivity index (χ0n) is 13.5.